The van der Waals surface area contributed by atoms with E-state index < -0.39 is 29.2 Å². The third-order valence-corrected chi connectivity index (χ3v) is 2.56. The van der Waals surface area contributed by atoms with Crippen LogP contribution in [0.5, 0.6) is 0 Å². The van der Waals surface area contributed by atoms with E-state index in [0.29, 0.717) is 0 Å². The second-order valence-electron chi connectivity index (χ2n) is 3.78. The number of halogens is 3. The highest BCUT2D eigenvalue weighted by molar-refractivity contribution is 5.66. The molecule has 2 nitrogen and oxygen atoms in total. The predicted octanol–water partition coefficient (Wildman–Crippen LogP) is 2.72. The highest BCUT2D eigenvalue weighted by atomic mass is 19.1. The van der Waals surface area contributed by atoms with Crippen molar-refractivity contribution in [2.45, 2.75) is 6.23 Å². The average Bonchev–Trinajstić information content (AvgIpc) is 2.30. The van der Waals surface area contributed by atoms with Gasteiger partial charge in [0, 0.05) is 5.56 Å². The van der Waals surface area contributed by atoms with Gasteiger partial charge in [0.15, 0.2) is 0 Å². The summed E-state index contributed by atoms with van der Waals surface area (Å²) < 4.78 is 40.7. The largest absolute Gasteiger partial charge is 0.375 e. The Morgan fingerprint density at radius 1 is 0.944 bits per heavy atom. The Balaban J connectivity index is 2.67. The van der Waals surface area contributed by atoms with Gasteiger partial charge in [-0.1, -0.05) is 12.1 Å². The first-order valence-corrected chi connectivity index (χ1v) is 5.18. The lowest BCUT2D eigenvalue weighted by atomic mass is 10.0. The summed E-state index contributed by atoms with van der Waals surface area (Å²) in [5.41, 5.74) is 4.66. The molecule has 0 amide bonds. The Morgan fingerprint density at radius 2 is 1.56 bits per heavy atom. The van der Waals surface area contributed by atoms with Crippen LogP contribution in [0.15, 0.2) is 36.4 Å². The quantitative estimate of drug-likeness (QED) is 0.808. The molecule has 1 unspecified atom stereocenters. The van der Waals surface area contributed by atoms with E-state index in [9.17, 15) is 18.3 Å². The van der Waals surface area contributed by atoms with Gasteiger partial charge in [0.25, 0.3) is 0 Å². The molecule has 0 aliphatic carbocycles. The molecule has 0 aromatic heterocycles. The molecule has 2 aromatic rings. The fraction of sp³-hybridized carbons (Fsp3) is 0.0769. The molecule has 3 N–H and O–H groups in total. The molecule has 0 aliphatic heterocycles. The van der Waals surface area contributed by atoms with Crippen molar-refractivity contribution in [3.63, 3.8) is 0 Å². The van der Waals surface area contributed by atoms with Gasteiger partial charge in [0.1, 0.15) is 23.7 Å². The van der Waals surface area contributed by atoms with Crippen molar-refractivity contribution in [2.75, 3.05) is 0 Å². The van der Waals surface area contributed by atoms with Gasteiger partial charge < -0.3 is 10.8 Å². The number of aliphatic hydroxyl groups is 1. The van der Waals surface area contributed by atoms with E-state index in [1.807, 2.05) is 0 Å². The van der Waals surface area contributed by atoms with Gasteiger partial charge in [0.2, 0.25) is 0 Å². The van der Waals surface area contributed by atoms with E-state index in [1.165, 1.54) is 12.1 Å². The standard InChI is InChI=1S/C13H10F3NO/c14-9-5-4-7(13(17)18)6-8(9)12-10(15)2-1-3-11(12)16/h1-6,13,18H,17H2. The molecule has 0 aliphatic rings. The zero-order valence-electron chi connectivity index (χ0n) is 9.20. The van der Waals surface area contributed by atoms with Crippen LogP contribution < -0.4 is 5.73 Å². The Bertz CT molecular complexity index is 564. The summed E-state index contributed by atoms with van der Waals surface area (Å²) >= 11 is 0. The van der Waals surface area contributed by atoms with Gasteiger partial charge in [-0.05, 0) is 29.8 Å². The maximum Gasteiger partial charge on any atom is 0.134 e. The molecule has 0 saturated heterocycles. The molecule has 2 aromatic carbocycles. The summed E-state index contributed by atoms with van der Waals surface area (Å²) in [4.78, 5) is 0. The SMILES string of the molecule is NC(O)c1ccc(F)c(-c2c(F)cccc2F)c1. The lowest BCUT2D eigenvalue weighted by molar-refractivity contribution is 0.186. The molecule has 0 saturated carbocycles. The van der Waals surface area contributed by atoms with Gasteiger partial charge in [-0.3, -0.25) is 0 Å². The monoisotopic (exact) mass is 253 g/mol. The summed E-state index contributed by atoms with van der Waals surface area (Å²) in [5, 5.41) is 9.19. The van der Waals surface area contributed by atoms with E-state index in [0.717, 1.165) is 24.3 Å². The smallest absolute Gasteiger partial charge is 0.134 e. The summed E-state index contributed by atoms with van der Waals surface area (Å²) in [6.07, 6.45) is -1.33. The lowest BCUT2D eigenvalue weighted by Gasteiger charge is -2.10. The number of hydrogen-bond acceptors (Lipinski definition) is 2. The van der Waals surface area contributed by atoms with E-state index in [-0.39, 0.29) is 11.1 Å². The maximum atomic E-state index is 13.6. The van der Waals surface area contributed by atoms with Crippen LogP contribution in [0.4, 0.5) is 13.2 Å². The summed E-state index contributed by atoms with van der Waals surface area (Å²) in [5.74, 6) is -2.54. The van der Waals surface area contributed by atoms with Crippen LogP contribution in [0, 0.1) is 17.5 Å². The van der Waals surface area contributed by atoms with E-state index in [1.54, 1.807) is 0 Å². The Morgan fingerprint density at radius 3 is 2.11 bits per heavy atom. The van der Waals surface area contributed by atoms with Crippen LogP contribution in [-0.4, -0.2) is 5.11 Å². The van der Waals surface area contributed by atoms with Crippen molar-refractivity contribution >= 4 is 0 Å². The first-order chi connectivity index (χ1) is 8.50. The third-order valence-electron chi connectivity index (χ3n) is 2.56. The van der Waals surface area contributed by atoms with Crippen LogP contribution in [0.25, 0.3) is 11.1 Å². The molecule has 2 rings (SSSR count). The summed E-state index contributed by atoms with van der Waals surface area (Å²) in [6, 6.07) is 6.64. The molecule has 0 fully saturated rings. The zero-order chi connectivity index (χ0) is 13.3. The molecule has 94 valence electrons. The summed E-state index contributed by atoms with van der Waals surface area (Å²) in [6.45, 7) is 0. The Labute approximate surface area is 101 Å². The fourth-order valence-corrected chi connectivity index (χ4v) is 1.67. The minimum absolute atomic E-state index is 0.175. The molecule has 5 heteroatoms. The molecule has 0 bridgehead atoms. The fourth-order valence-electron chi connectivity index (χ4n) is 1.67. The van der Waals surface area contributed by atoms with Gasteiger partial charge in [-0.25, -0.2) is 13.2 Å². The number of rotatable bonds is 2. The molecule has 0 radical (unpaired) electrons. The number of nitrogens with two attached hydrogens (primary N) is 1. The van der Waals surface area contributed by atoms with Crippen molar-refractivity contribution < 1.29 is 18.3 Å². The van der Waals surface area contributed by atoms with Crippen LogP contribution >= 0.6 is 0 Å². The molecule has 18 heavy (non-hydrogen) atoms. The van der Waals surface area contributed by atoms with Crippen molar-refractivity contribution in [3.05, 3.63) is 59.4 Å². The molecular weight excluding hydrogens is 243 g/mol. The molecule has 0 spiro atoms. The van der Waals surface area contributed by atoms with Crippen LogP contribution in [0.3, 0.4) is 0 Å². The van der Waals surface area contributed by atoms with Crippen molar-refractivity contribution in [1.82, 2.24) is 0 Å². The average molecular weight is 253 g/mol. The highest BCUT2D eigenvalue weighted by Gasteiger charge is 2.16. The predicted molar refractivity (Wildman–Crippen MR) is 60.9 cm³/mol. The minimum atomic E-state index is -1.33. The maximum absolute atomic E-state index is 13.6. The number of hydrogen-bond donors (Lipinski definition) is 2. The van der Waals surface area contributed by atoms with Gasteiger partial charge >= 0.3 is 0 Å². The summed E-state index contributed by atoms with van der Waals surface area (Å²) in [7, 11) is 0. The second-order valence-corrected chi connectivity index (χ2v) is 3.78. The number of aliphatic hydroxyl groups excluding tert-OH is 1. The van der Waals surface area contributed by atoms with Crippen LogP contribution in [-0.2, 0) is 0 Å². The molecule has 0 heterocycles. The lowest BCUT2D eigenvalue weighted by Crippen LogP contribution is -2.09. The van der Waals surface area contributed by atoms with E-state index >= 15 is 0 Å². The van der Waals surface area contributed by atoms with Crippen molar-refractivity contribution in [2.24, 2.45) is 5.73 Å². The van der Waals surface area contributed by atoms with E-state index in [4.69, 9.17) is 5.73 Å². The first kappa shape index (κ1) is 12.6. The number of benzene rings is 2. The Hall–Kier alpha value is -1.85. The van der Waals surface area contributed by atoms with Gasteiger partial charge in [-0.2, -0.15) is 0 Å². The Kier molecular flexibility index (Phi) is 3.36. The first-order valence-electron chi connectivity index (χ1n) is 5.18. The van der Waals surface area contributed by atoms with Gasteiger partial charge in [0.05, 0.1) is 5.56 Å². The third kappa shape index (κ3) is 2.23. The topological polar surface area (TPSA) is 46.2 Å². The normalized spacial score (nSPS) is 12.5. The minimum Gasteiger partial charge on any atom is -0.375 e. The van der Waals surface area contributed by atoms with Crippen LogP contribution in [0.2, 0.25) is 0 Å². The van der Waals surface area contributed by atoms with Crippen LogP contribution in [0.1, 0.15) is 11.8 Å². The molecular formula is C13H10F3NO. The van der Waals surface area contributed by atoms with E-state index in [2.05, 4.69) is 0 Å². The highest BCUT2D eigenvalue weighted by Crippen LogP contribution is 2.29. The second kappa shape index (κ2) is 4.80. The van der Waals surface area contributed by atoms with Crippen molar-refractivity contribution in [3.8, 4) is 11.1 Å². The van der Waals surface area contributed by atoms with Gasteiger partial charge in [-0.15, -0.1) is 0 Å². The molecule has 1 atom stereocenters. The zero-order valence-corrected chi connectivity index (χ0v) is 9.20. The van der Waals surface area contributed by atoms with Crippen molar-refractivity contribution in [1.29, 1.82) is 0 Å².